The summed E-state index contributed by atoms with van der Waals surface area (Å²) >= 11 is 6.06. The van der Waals surface area contributed by atoms with E-state index in [-0.39, 0.29) is 16.1 Å². The number of carbonyl (C=O) groups is 1. The average molecular weight is 357 g/mol. The predicted molar refractivity (Wildman–Crippen MR) is 65.7 cm³/mol. The van der Waals surface area contributed by atoms with Crippen LogP contribution in [-0.2, 0) is 4.79 Å². The van der Waals surface area contributed by atoms with Crippen LogP contribution in [0.2, 0.25) is 0 Å². The van der Waals surface area contributed by atoms with Crippen molar-refractivity contribution in [3.63, 3.8) is 0 Å². The first-order valence-corrected chi connectivity index (χ1v) is 6.26. The van der Waals surface area contributed by atoms with Crippen molar-refractivity contribution >= 4 is 43.5 Å². The number of carbonyl (C=O) groups excluding carboxylic acids is 1. The summed E-state index contributed by atoms with van der Waals surface area (Å²) in [6.07, 6.45) is 0.579. The second-order valence-corrected chi connectivity index (χ2v) is 5.07. The maximum absolute atomic E-state index is 13.3. The van der Waals surface area contributed by atoms with Crippen LogP contribution < -0.4 is 5.32 Å². The Balaban J connectivity index is 2.90. The number of nitrogens with one attached hydrogen (secondary N) is 1. The lowest BCUT2D eigenvalue weighted by atomic mass is 10.2. The number of alkyl halides is 1. The Morgan fingerprint density at radius 2 is 2.06 bits per heavy atom. The minimum absolute atomic E-state index is 0.0452. The van der Waals surface area contributed by atoms with Gasteiger partial charge in [-0.3, -0.25) is 4.79 Å². The van der Waals surface area contributed by atoms with E-state index in [0.717, 1.165) is 6.07 Å². The molecule has 0 saturated carbocycles. The van der Waals surface area contributed by atoms with Gasteiger partial charge in [0.25, 0.3) is 0 Å². The molecule has 1 N–H and O–H groups in total. The van der Waals surface area contributed by atoms with Crippen LogP contribution in [0.4, 0.5) is 14.5 Å². The van der Waals surface area contributed by atoms with Crippen LogP contribution in [0.5, 0.6) is 0 Å². The van der Waals surface area contributed by atoms with Gasteiger partial charge in [0.2, 0.25) is 5.91 Å². The molecule has 6 heteroatoms. The summed E-state index contributed by atoms with van der Waals surface area (Å²) in [5.41, 5.74) is -0.0452. The lowest BCUT2D eigenvalue weighted by Gasteiger charge is -2.10. The Kier molecular flexibility index (Phi) is 4.86. The largest absolute Gasteiger partial charge is 0.323 e. The summed E-state index contributed by atoms with van der Waals surface area (Å²) in [6, 6.07) is 1.91. The third-order valence-electron chi connectivity index (χ3n) is 1.91. The standard InChI is InChI=1S/C10H9Br2F2NO/c1-2-5(11)10(16)15-9-3-6(12)7(13)4-8(9)14/h3-5H,2H2,1H3,(H,15,16). The zero-order chi connectivity index (χ0) is 12.3. The molecule has 1 amide bonds. The Morgan fingerprint density at radius 3 is 2.62 bits per heavy atom. The Bertz CT molecular complexity index is 412. The number of hydrogen-bond donors (Lipinski definition) is 1. The van der Waals surface area contributed by atoms with Crippen LogP contribution in [0.25, 0.3) is 0 Å². The first kappa shape index (κ1) is 13.6. The van der Waals surface area contributed by atoms with E-state index in [9.17, 15) is 13.6 Å². The van der Waals surface area contributed by atoms with Gasteiger partial charge >= 0.3 is 0 Å². The Labute approximate surface area is 109 Å². The van der Waals surface area contributed by atoms with Crippen LogP contribution in [0.3, 0.4) is 0 Å². The number of anilines is 1. The number of hydrogen-bond acceptors (Lipinski definition) is 1. The first-order valence-electron chi connectivity index (χ1n) is 4.55. The molecule has 0 aliphatic rings. The molecule has 0 aliphatic carbocycles. The van der Waals surface area contributed by atoms with Crippen molar-refractivity contribution in [1.82, 2.24) is 0 Å². The average Bonchev–Trinajstić information content (AvgIpc) is 2.24. The van der Waals surface area contributed by atoms with Gasteiger partial charge in [-0.2, -0.15) is 0 Å². The van der Waals surface area contributed by atoms with Crippen LogP contribution in [0.15, 0.2) is 16.6 Å². The first-order chi connectivity index (χ1) is 7.45. The van der Waals surface area contributed by atoms with Crippen molar-refractivity contribution in [1.29, 1.82) is 0 Å². The lowest BCUT2D eigenvalue weighted by Crippen LogP contribution is -2.22. The molecule has 0 spiro atoms. The normalized spacial score (nSPS) is 12.3. The molecule has 0 radical (unpaired) electrons. The van der Waals surface area contributed by atoms with Crippen LogP contribution in [-0.4, -0.2) is 10.7 Å². The van der Waals surface area contributed by atoms with Gasteiger partial charge in [0.05, 0.1) is 15.0 Å². The summed E-state index contributed by atoms with van der Waals surface area (Å²) < 4.78 is 26.3. The monoisotopic (exact) mass is 355 g/mol. The summed E-state index contributed by atoms with van der Waals surface area (Å²) in [7, 11) is 0. The molecule has 1 aromatic rings. The number of halogens is 4. The van der Waals surface area contributed by atoms with Crippen molar-refractivity contribution in [2.45, 2.75) is 18.2 Å². The Morgan fingerprint density at radius 1 is 1.44 bits per heavy atom. The van der Waals surface area contributed by atoms with Gasteiger partial charge in [-0.25, -0.2) is 8.78 Å². The van der Waals surface area contributed by atoms with Gasteiger partial charge < -0.3 is 5.32 Å². The summed E-state index contributed by atoms with van der Waals surface area (Å²) in [4.78, 5) is 11.1. The minimum Gasteiger partial charge on any atom is -0.323 e. The summed E-state index contributed by atoms with van der Waals surface area (Å²) in [6.45, 7) is 1.82. The maximum atomic E-state index is 13.3. The second kappa shape index (κ2) is 5.72. The van der Waals surface area contributed by atoms with Gasteiger partial charge in [-0.1, -0.05) is 22.9 Å². The smallest absolute Gasteiger partial charge is 0.238 e. The fourth-order valence-corrected chi connectivity index (χ4v) is 1.47. The van der Waals surface area contributed by atoms with Gasteiger partial charge in [0, 0.05) is 6.07 Å². The third kappa shape index (κ3) is 3.25. The van der Waals surface area contributed by atoms with E-state index >= 15 is 0 Å². The number of rotatable bonds is 3. The molecule has 2 nitrogen and oxygen atoms in total. The van der Waals surface area contributed by atoms with Crippen LogP contribution in [0, 0.1) is 11.6 Å². The molecular formula is C10H9Br2F2NO. The molecule has 1 unspecified atom stereocenters. The molecule has 0 bridgehead atoms. The van der Waals surface area contributed by atoms with Crippen molar-refractivity contribution in [2.75, 3.05) is 5.32 Å². The van der Waals surface area contributed by atoms with Crippen molar-refractivity contribution in [3.05, 3.63) is 28.2 Å². The number of amides is 1. The Hall–Kier alpha value is -0.490. The van der Waals surface area contributed by atoms with E-state index in [4.69, 9.17) is 0 Å². The maximum Gasteiger partial charge on any atom is 0.238 e. The van der Waals surface area contributed by atoms with E-state index in [1.807, 2.05) is 6.92 Å². The molecule has 0 aliphatic heterocycles. The van der Waals surface area contributed by atoms with Gasteiger partial charge in [0.15, 0.2) is 0 Å². The molecule has 0 fully saturated rings. The second-order valence-electron chi connectivity index (χ2n) is 3.11. The molecule has 88 valence electrons. The highest BCUT2D eigenvalue weighted by atomic mass is 79.9. The molecule has 1 aromatic carbocycles. The van der Waals surface area contributed by atoms with E-state index in [2.05, 4.69) is 37.2 Å². The molecule has 16 heavy (non-hydrogen) atoms. The van der Waals surface area contributed by atoms with Crippen molar-refractivity contribution in [3.8, 4) is 0 Å². The number of benzene rings is 1. The molecule has 0 aromatic heterocycles. The zero-order valence-corrected chi connectivity index (χ0v) is 11.5. The molecule has 1 rings (SSSR count). The fourth-order valence-electron chi connectivity index (χ4n) is 1.01. The van der Waals surface area contributed by atoms with E-state index in [1.165, 1.54) is 6.07 Å². The van der Waals surface area contributed by atoms with Crippen LogP contribution in [0.1, 0.15) is 13.3 Å². The van der Waals surface area contributed by atoms with Gasteiger partial charge in [-0.05, 0) is 28.4 Å². The summed E-state index contributed by atoms with van der Waals surface area (Å²) in [5, 5.41) is 2.37. The summed E-state index contributed by atoms with van der Waals surface area (Å²) in [5.74, 6) is -1.87. The minimum atomic E-state index is -0.801. The van der Waals surface area contributed by atoms with E-state index in [1.54, 1.807) is 0 Å². The topological polar surface area (TPSA) is 29.1 Å². The van der Waals surface area contributed by atoms with E-state index < -0.39 is 16.5 Å². The lowest BCUT2D eigenvalue weighted by molar-refractivity contribution is -0.115. The highest BCUT2D eigenvalue weighted by Gasteiger charge is 2.15. The quantitative estimate of drug-likeness (QED) is 0.647. The van der Waals surface area contributed by atoms with Gasteiger partial charge in [-0.15, -0.1) is 0 Å². The SMILES string of the molecule is CCC(Br)C(=O)Nc1cc(Br)c(F)cc1F. The van der Waals surface area contributed by atoms with E-state index in [0.29, 0.717) is 6.42 Å². The van der Waals surface area contributed by atoms with Gasteiger partial charge in [0.1, 0.15) is 11.6 Å². The molecule has 1 atom stereocenters. The predicted octanol–water partition coefficient (Wildman–Crippen LogP) is 3.84. The fraction of sp³-hybridized carbons (Fsp3) is 0.300. The highest BCUT2D eigenvalue weighted by molar-refractivity contribution is 9.10. The molecule has 0 saturated heterocycles. The van der Waals surface area contributed by atoms with Crippen LogP contribution >= 0.6 is 31.9 Å². The van der Waals surface area contributed by atoms with Crippen molar-refractivity contribution in [2.24, 2.45) is 0 Å². The van der Waals surface area contributed by atoms with Crippen molar-refractivity contribution < 1.29 is 13.6 Å². The molecular weight excluding hydrogens is 348 g/mol. The highest BCUT2D eigenvalue weighted by Crippen LogP contribution is 2.24. The zero-order valence-electron chi connectivity index (χ0n) is 8.36. The molecule has 0 heterocycles. The third-order valence-corrected chi connectivity index (χ3v) is 3.58.